The predicted octanol–water partition coefficient (Wildman–Crippen LogP) is 1.40. The molecule has 1 atom stereocenters. The lowest BCUT2D eigenvalue weighted by Crippen LogP contribution is -2.40. The molecular weight excluding hydrogens is 382 g/mol. The Morgan fingerprint density at radius 3 is 2.69 bits per heavy atom. The van der Waals surface area contributed by atoms with Gasteiger partial charge in [0.15, 0.2) is 17.6 Å². The quantitative estimate of drug-likeness (QED) is 0.519. The topological polar surface area (TPSA) is 123 Å². The number of hydrogen-bond donors (Lipinski definition) is 2. The average Bonchev–Trinajstić information content (AvgIpc) is 3.18. The normalized spacial score (nSPS) is 17.7. The molecule has 1 aromatic carbocycles. The van der Waals surface area contributed by atoms with Gasteiger partial charge in [-0.25, -0.2) is 4.79 Å². The summed E-state index contributed by atoms with van der Waals surface area (Å²) in [7, 11) is 0. The number of urea groups is 1. The van der Waals surface area contributed by atoms with Crippen LogP contribution < -0.4 is 20.1 Å². The zero-order chi connectivity index (χ0) is 21.2. The van der Waals surface area contributed by atoms with E-state index < -0.39 is 29.6 Å². The van der Waals surface area contributed by atoms with E-state index in [-0.39, 0.29) is 32.1 Å². The summed E-state index contributed by atoms with van der Waals surface area (Å²) >= 11 is 0. The second-order valence-corrected chi connectivity index (χ2v) is 7.30. The van der Waals surface area contributed by atoms with Gasteiger partial charge in [-0.1, -0.05) is 0 Å². The summed E-state index contributed by atoms with van der Waals surface area (Å²) in [5.41, 5.74) is -0.456. The molecule has 10 nitrogen and oxygen atoms in total. The first kappa shape index (κ1) is 20.4. The van der Waals surface area contributed by atoms with Crippen molar-refractivity contribution in [3.63, 3.8) is 0 Å². The highest BCUT2D eigenvalue weighted by atomic mass is 16.7. The molecule has 2 heterocycles. The second kappa shape index (κ2) is 7.98. The van der Waals surface area contributed by atoms with Gasteiger partial charge < -0.3 is 24.8 Å². The van der Waals surface area contributed by atoms with E-state index >= 15 is 0 Å². The first-order valence-electron chi connectivity index (χ1n) is 9.21. The number of amides is 4. The Balaban J connectivity index is 1.42. The monoisotopic (exact) mass is 405 g/mol. The predicted molar refractivity (Wildman–Crippen MR) is 100 cm³/mol. The molecule has 1 fully saturated rings. The molecule has 156 valence electrons. The third kappa shape index (κ3) is 4.58. The number of anilines is 1. The molecule has 2 N–H and O–H groups in total. The van der Waals surface area contributed by atoms with Crippen molar-refractivity contribution < 1.29 is 33.4 Å². The first-order valence-corrected chi connectivity index (χ1v) is 9.21. The van der Waals surface area contributed by atoms with Gasteiger partial charge in [0, 0.05) is 24.7 Å². The molecule has 10 heteroatoms. The second-order valence-electron chi connectivity index (χ2n) is 7.30. The van der Waals surface area contributed by atoms with E-state index in [1.54, 1.807) is 32.0 Å². The van der Waals surface area contributed by atoms with Crippen LogP contribution in [0.4, 0.5) is 10.5 Å². The first-order chi connectivity index (χ1) is 13.7. The lowest BCUT2D eigenvalue weighted by Gasteiger charge is -2.16. The largest absolute Gasteiger partial charge is 0.454 e. The van der Waals surface area contributed by atoms with E-state index in [2.05, 4.69) is 10.6 Å². The Morgan fingerprint density at radius 1 is 1.28 bits per heavy atom. The van der Waals surface area contributed by atoms with Crippen LogP contribution in [-0.2, 0) is 19.1 Å². The van der Waals surface area contributed by atoms with Gasteiger partial charge in [-0.3, -0.25) is 19.3 Å². The number of esters is 1. The molecule has 29 heavy (non-hydrogen) atoms. The van der Waals surface area contributed by atoms with Crippen molar-refractivity contribution >= 4 is 29.5 Å². The molecule has 0 unspecified atom stereocenters. The standard InChI is InChI=1S/C19H23N3O7/c1-11(16(24)20-12-6-7-13-14(9-12)28-10-27-13)29-15(23)5-4-8-22-17(25)19(2,3)21-18(22)26/h6-7,9,11H,4-5,8,10H2,1-3H3,(H,20,24)(H,21,26)/t11-/m0/s1. The highest BCUT2D eigenvalue weighted by Crippen LogP contribution is 2.34. The smallest absolute Gasteiger partial charge is 0.325 e. The molecule has 1 saturated heterocycles. The summed E-state index contributed by atoms with van der Waals surface area (Å²) in [6, 6.07) is 4.46. The van der Waals surface area contributed by atoms with Gasteiger partial charge in [-0.15, -0.1) is 0 Å². The molecule has 0 aliphatic carbocycles. The minimum absolute atomic E-state index is 0.0286. The summed E-state index contributed by atoms with van der Waals surface area (Å²) in [4.78, 5) is 49.2. The summed E-state index contributed by atoms with van der Waals surface area (Å²) in [6.45, 7) is 4.91. The summed E-state index contributed by atoms with van der Waals surface area (Å²) < 4.78 is 15.6. The lowest BCUT2D eigenvalue weighted by atomic mass is 10.1. The van der Waals surface area contributed by atoms with Gasteiger partial charge in [0.1, 0.15) is 5.54 Å². The highest BCUT2D eigenvalue weighted by molar-refractivity contribution is 6.06. The fraction of sp³-hybridized carbons (Fsp3) is 0.474. The molecule has 0 saturated carbocycles. The van der Waals surface area contributed by atoms with E-state index in [1.807, 2.05) is 0 Å². The SMILES string of the molecule is C[C@H](OC(=O)CCCN1C(=O)NC(C)(C)C1=O)C(=O)Nc1ccc2c(c1)OCO2. The number of hydrogen-bond acceptors (Lipinski definition) is 7. The number of nitrogens with zero attached hydrogens (tertiary/aromatic N) is 1. The van der Waals surface area contributed by atoms with Gasteiger partial charge >= 0.3 is 12.0 Å². The van der Waals surface area contributed by atoms with Crippen molar-refractivity contribution in [2.75, 3.05) is 18.7 Å². The van der Waals surface area contributed by atoms with Crippen molar-refractivity contribution in [2.24, 2.45) is 0 Å². The van der Waals surface area contributed by atoms with Crippen molar-refractivity contribution in [1.82, 2.24) is 10.2 Å². The van der Waals surface area contributed by atoms with Crippen LogP contribution in [0.1, 0.15) is 33.6 Å². The summed E-state index contributed by atoms with van der Waals surface area (Å²) in [5, 5.41) is 5.21. The van der Waals surface area contributed by atoms with Crippen LogP contribution in [-0.4, -0.2) is 53.7 Å². The minimum atomic E-state index is -1.01. The molecule has 0 radical (unpaired) electrons. The van der Waals surface area contributed by atoms with E-state index in [0.29, 0.717) is 17.2 Å². The van der Waals surface area contributed by atoms with Crippen molar-refractivity contribution in [1.29, 1.82) is 0 Å². The van der Waals surface area contributed by atoms with Gasteiger partial charge in [0.25, 0.3) is 11.8 Å². The van der Waals surface area contributed by atoms with Crippen molar-refractivity contribution in [3.05, 3.63) is 18.2 Å². The molecule has 4 amide bonds. The van der Waals surface area contributed by atoms with Crippen LogP contribution >= 0.6 is 0 Å². The molecule has 0 bridgehead atoms. The Labute approximate surface area is 167 Å². The van der Waals surface area contributed by atoms with Crippen LogP contribution in [0.3, 0.4) is 0 Å². The minimum Gasteiger partial charge on any atom is -0.454 e. The maximum atomic E-state index is 12.2. The molecule has 3 rings (SSSR count). The molecule has 1 aromatic rings. The summed E-state index contributed by atoms with van der Waals surface area (Å²) in [6.07, 6.45) is -0.799. The number of carbonyl (C=O) groups excluding carboxylic acids is 4. The fourth-order valence-electron chi connectivity index (χ4n) is 2.93. The molecule has 0 aromatic heterocycles. The average molecular weight is 405 g/mol. The van der Waals surface area contributed by atoms with Crippen molar-refractivity contribution in [3.8, 4) is 11.5 Å². The fourth-order valence-corrected chi connectivity index (χ4v) is 2.93. The van der Waals surface area contributed by atoms with Gasteiger partial charge in [0.05, 0.1) is 0 Å². The number of imide groups is 1. The van der Waals surface area contributed by atoms with Crippen LogP contribution in [0, 0.1) is 0 Å². The summed E-state index contributed by atoms with van der Waals surface area (Å²) in [5.74, 6) is -0.308. The third-order valence-corrected chi connectivity index (χ3v) is 4.52. The van der Waals surface area contributed by atoms with Gasteiger partial charge in [0.2, 0.25) is 6.79 Å². The van der Waals surface area contributed by atoms with E-state index in [0.717, 1.165) is 4.90 Å². The van der Waals surface area contributed by atoms with Gasteiger partial charge in [-0.2, -0.15) is 0 Å². The number of benzene rings is 1. The van der Waals surface area contributed by atoms with E-state index in [9.17, 15) is 19.2 Å². The van der Waals surface area contributed by atoms with Crippen LogP contribution in [0.2, 0.25) is 0 Å². The number of ether oxygens (including phenoxy) is 3. The zero-order valence-corrected chi connectivity index (χ0v) is 16.4. The van der Waals surface area contributed by atoms with Crippen LogP contribution in [0.5, 0.6) is 11.5 Å². The lowest BCUT2D eigenvalue weighted by molar-refractivity contribution is -0.153. The van der Waals surface area contributed by atoms with E-state index in [4.69, 9.17) is 14.2 Å². The Kier molecular flexibility index (Phi) is 5.62. The highest BCUT2D eigenvalue weighted by Gasteiger charge is 2.43. The van der Waals surface area contributed by atoms with Crippen LogP contribution in [0.15, 0.2) is 18.2 Å². The molecule has 0 spiro atoms. The maximum absolute atomic E-state index is 12.2. The third-order valence-electron chi connectivity index (χ3n) is 4.52. The number of rotatable bonds is 7. The van der Waals surface area contributed by atoms with Crippen LogP contribution in [0.25, 0.3) is 0 Å². The van der Waals surface area contributed by atoms with Gasteiger partial charge in [-0.05, 0) is 39.3 Å². The Bertz CT molecular complexity index is 852. The van der Waals surface area contributed by atoms with Crippen molar-refractivity contribution in [2.45, 2.75) is 45.3 Å². The number of nitrogens with one attached hydrogen (secondary N) is 2. The number of carbonyl (C=O) groups is 4. The zero-order valence-electron chi connectivity index (χ0n) is 16.4. The van der Waals surface area contributed by atoms with E-state index in [1.165, 1.54) is 6.92 Å². The molecule has 2 aliphatic rings. The maximum Gasteiger partial charge on any atom is 0.325 e. The molecule has 2 aliphatic heterocycles. The molecular formula is C19H23N3O7. The Morgan fingerprint density at radius 2 is 2.00 bits per heavy atom. The number of fused-ring (bicyclic) bond motifs is 1. The Hall–Kier alpha value is -3.30.